The normalized spacial score (nSPS) is 21.5. The Hall–Kier alpha value is -1.26. The Kier molecular flexibility index (Phi) is 5.26. The van der Waals surface area contributed by atoms with E-state index in [1.807, 2.05) is 12.1 Å². The number of benzene rings is 1. The molecule has 0 radical (unpaired) electrons. The van der Waals surface area contributed by atoms with Crippen LogP contribution in [0.4, 0.5) is 0 Å². The van der Waals surface area contributed by atoms with E-state index in [9.17, 15) is 0 Å². The van der Waals surface area contributed by atoms with Crippen LogP contribution in [0.5, 0.6) is 11.5 Å². The lowest BCUT2D eigenvalue weighted by Gasteiger charge is -2.39. The molecule has 4 nitrogen and oxygen atoms in total. The quantitative estimate of drug-likeness (QED) is 0.899. The molecule has 4 heteroatoms. The first-order valence-electron chi connectivity index (χ1n) is 7.39. The summed E-state index contributed by atoms with van der Waals surface area (Å²) in [6.07, 6.45) is 3.79. The Balaban J connectivity index is 2.34. The summed E-state index contributed by atoms with van der Waals surface area (Å²) in [5, 5.41) is 0. The second-order valence-electron chi connectivity index (χ2n) is 5.44. The van der Waals surface area contributed by atoms with Crippen LogP contribution < -0.4 is 15.2 Å². The van der Waals surface area contributed by atoms with E-state index in [2.05, 4.69) is 17.9 Å². The lowest BCUT2D eigenvalue weighted by molar-refractivity contribution is 0.107. The van der Waals surface area contributed by atoms with E-state index in [4.69, 9.17) is 15.2 Å². The van der Waals surface area contributed by atoms with E-state index in [0.29, 0.717) is 12.6 Å². The van der Waals surface area contributed by atoms with Gasteiger partial charge < -0.3 is 15.2 Å². The van der Waals surface area contributed by atoms with Crippen molar-refractivity contribution in [1.82, 2.24) is 4.90 Å². The molecular weight excluding hydrogens is 252 g/mol. The van der Waals surface area contributed by atoms with Gasteiger partial charge in [0.05, 0.1) is 20.3 Å². The Morgan fingerprint density at radius 1 is 1.30 bits per heavy atom. The molecule has 20 heavy (non-hydrogen) atoms. The van der Waals surface area contributed by atoms with E-state index in [-0.39, 0.29) is 6.04 Å². The van der Waals surface area contributed by atoms with Gasteiger partial charge in [0, 0.05) is 18.2 Å². The summed E-state index contributed by atoms with van der Waals surface area (Å²) >= 11 is 0. The van der Waals surface area contributed by atoms with Gasteiger partial charge in [0.25, 0.3) is 0 Å². The standard InChI is InChI=1S/C16H26N2O2/c1-12-6-4-5-9-18(12)15(11-17)14-10-13(19-2)7-8-16(14)20-3/h7-8,10,12,15H,4-6,9,11,17H2,1-3H3. The summed E-state index contributed by atoms with van der Waals surface area (Å²) in [7, 11) is 3.39. The highest BCUT2D eigenvalue weighted by atomic mass is 16.5. The average Bonchev–Trinajstić information content (AvgIpc) is 2.49. The number of piperidine rings is 1. The number of ether oxygens (including phenoxy) is 2. The minimum atomic E-state index is 0.190. The number of rotatable bonds is 5. The smallest absolute Gasteiger partial charge is 0.123 e. The van der Waals surface area contributed by atoms with E-state index in [1.54, 1.807) is 14.2 Å². The third-order valence-electron chi connectivity index (χ3n) is 4.27. The fourth-order valence-corrected chi connectivity index (χ4v) is 3.12. The lowest BCUT2D eigenvalue weighted by atomic mass is 9.96. The minimum Gasteiger partial charge on any atom is -0.497 e. The maximum Gasteiger partial charge on any atom is 0.123 e. The van der Waals surface area contributed by atoms with Crippen LogP contribution in [0.3, 0.4) is 0 Å². The number of likely N-dealkylation sites (tertiary alicyclic amines) is 1. The van der Waals surface area contributed by atoms with Crippen LogP contribution >= 0.6 is 0 Å². The largest absolute Gasteiger partial charge is 0.497 e. The maximum atomic E-state index is 6.07. The molecule has 0 spiro atoms. The molecule has 2 N–H and O–H groups in total. The summed E-state index contributed by atoms with van der Waals surface area (Å²) in [5.74, 6) is 1.74. The summed E-state index contributed by atoms with van der Waals surface area (Å²) in [5.41, 5.74) is 7.20. The third-order valence-corrected chi connectivity index (χ3v) is 4.27. The average molecular weight is 278 g/mol. The molecule has 2 atom stereocenters. The Bertz CT molecular complexity index is 436. The van der Waals surface area contributed by atoms with Crippen LogP contribution in [-0.4, -0.2) is 38.3 Å². The number of nitrogens with two attached hydrogens (primary N) is 1. The van der Waals surface area contributed by atoms with Crippen LogP contribution in [0, 0.1) is 0 Å². The Morgan fingerprint density at radius 2 is 2.10 bits per heavy atom. The van der Waals surface area contributed by atoms with Crippen LogP contribution in [0.2, 0.25) is 0 Å². The Labute approximate surface area is 121 Å². The number of hydrogen-bond donors (Lipinski definition) is 1. The fourth-order valence-electron chi connectivity index (χ4n) is 3.12. The van der Waals surface area contributed by atoms with Crippen molar-refractivity contribution in [1.29, 1.82) is 0 Å². The van der Waals surface area contributed by atoms with Crippen molar-refractivity contribution < 1.29 is 9.47 Å². The minimum absolute atomic E-state index is 0.190. The molecule has 1 fully saturated rings. The van der Waals surface area contributed by atoms with Crippen molar-refractivity contribution in [2.24, 2.45) is 5.73 Å². The molecule has 1 aromatic carbocycles. The number of methoxy groups -OCH3 is 2. The second-order valence-corrected chi connectivity index (χ2v) is 5.44. The van der Waals surface area contributed by atoms with Gasteiger partial charge in [-0.1, -0.05) is 6.42 Å². The van der Waals surface area contributed by atoms with Crippen molar-refractivity contribution >= 4 is 0 Å². The van der Waals surface area contributed by atoms with Crippen LogP contribution in [0.1, 0.15) is 37.8 Å². The first-order valence-corrected chi connectivity index (χ1v) is 7.39. The zero-order valence-corrected chi connectivity index (χ0v) is 12.8. The summed E-state index contributed by atoms with van der Waals surface area (Å²) in [4.78, 5) is 2.50. The molecule has 0 saturated carbocycles. The van der Waals surface area contributed by atoms with E-state index in [1.165, 1.54) is 19.3 Å². The van der Waals surface area contributed by atoms with E-state index >= 15 is 0 Å². The predicted octanol–water partition coefficient (Wildman–Crippen LogP) is 2.58. The molecule has 1 aliphatic heterocycles. The van der Waals surface area contributed by atoms with Crippen molar-refractivity contribution in [3.8, 4) is 11.5 Å². The van der Waals surface area contributed by atoms with Gasteiger partial charge in [-0.25, -0.2) is 0 Å². The molecule has 1 heterocycles. The molecule has 112 valence electrons. The molecule has 1 aliphatic rings. The highest BCUT2D eigenvalue weighted by Gasteiger charge is 2.28. The highest BCUT2D eigenvalue weighted by molar-refractivity contribution is 5.42. The first-order chi connectivity index (χ1) is 9.71. The molecular formula is C16H26N2O2. The lowest BCUT2D eigenvalue weighted by Crippen LogP contribution is -2.43. The molecule has 1 aromatic rings. The van der Waals surface area contributed by atoms with E-state index < -0.39 is 0 Å². The van der Waals surface area contributed by atoms with Gasteiger partial charge >= 0.3 is 0 Å². The molecule has 0 amide bonds. The van der Waals surface area contributed by atoms with Crippen molar-refractivity contribution in [3.63, 3.8) is 0 Å². The highest BCUT2D eigenvalue weighted by Crippen LogP contribution is 2.35. The molecule has 0 aliphatic carbocycles. The van der Waals surface area contributed by atoms with Gasteiger partial charge in [0.1, 0.15) is 11.5 Å². The Morgan fingerprint density at radius 3 is 2.70 bits per heavy atom. The molecule has 1 saturated heterocycles. The van der Waals surface area contributed by atoms with Crippen LogP contribution in [0.25, 0.3) is 0 Å². The zero-order chi connectivity index (χ0) is 14.5. The van der Waals surface area contributed by atoms with Gasteiger partial charge in [0.2, 0.25) is 0 Å². The fraction of sp³-hybridized carbons (Fsp3) is 0.625. The summed E-state index contributed by atoms with van der Waals surface area (Å²) in [6.45, 7) is 3.98. The van der Waals surface area contributed by atoms with Gasteiger partial charge in [0.15, 0.2) is 0 Å². The van der Waals surface area contributed by atoms with Gasteiger partial charge in [-0.3, -0.25) is 4.90 Å². The SMILES string of the molecule is COc1ccc(OC)c(C(CN)N2CCCCC2C)c1. The molecule has 0 aromatic heterocycles. The van der Waals surface area contributed by atoms with Gasteiger partial charge in [-0.05, 0) is 44.5 Å². The monoisotopic (exact) mass is 278 g/mol. The van der Waals surface area contributed by atoms with Gasteiger partial charge in [-0.15, -0.1) is 0 Å². The second kappa shape index (κ2) is 6.95. The van der Waals surface area contributed by atoms with E-state index in [0.717, 1.165) is 23.6 Å². The molecule has 2 rings (SSSR count). The van der Waals surface area contributed by atoms with Gasteiger partial charge in [-0.2, -0.15) is 0 Å². The summed E-state index contributed by atoms with van der Waals surface area (Å²) in [6, 6.07) is 6.70. The van der Waals surface area contributed by atoms with Crippen molar-refractivity contribution in [3.05, 3.63) is 23.8 Å². The van der Waals surface area contributed by atoms with Crippen LogP contribution in [0.15, 0.2) is 18.2 Å². The first kappa shape index (κ1) is 15.1. The molecule has 0 bridgehead atoms. The summed E-state index contributed by atoms with van der Waals surface area (Å²) < 4.78 is 10.9. The molecule has 2 unspecified atom stereocenters. The number of nitrogens with zero attached hydrogens (tertiary/aromatic N) is 1. The predicted molar refractivity (Wildman–Crippen MR) is 81.4 cm³/mol. The van der Waals surface area contributed by atoms with Crippen molar-refractivity contribution in [2.75, 3.05) is 27.3 Å². The van der Waals surface area contributed by atoms with Crippen LogP contribution in [-0.2, 0) is 0 Å². The maximum absolute atomic E-state index is 6.07. The third kappa shape index (κ3) is 3.07. The van der Waals surface area contributed by atoms with Crippen molar-refractivity contribution in [2.45, 2.75) is 38.3 Å². The topological polar surface area (TPSA) is 47.7 Å². The zero-order valence-electron chi connectivity index (χ0n) is 12.8. The number of hydrogen-bond acceptors (Lipinski definition) is 4.